The van der Waals surface area contributed by atoms with E-state index in [4.69, 9.17) is 9.88 Å². The summed E-state index contributed by atoms with van der Waals surface area (Å²) in [5.74, 6) is -0.00794. The van der Waals surface area contributed by atoms with Crippen molar-refractivity contribution in [1.29, 1.82) is 0 Å². The SMILES string of the molecule is NS(=O)(=O)c1ccc(CC(=O)Nc2cccc(OCc3ccc(F)cc3)c2)cc1. The van der Waals surface area contributed by atoms with Crippen LogP contribution in [0, 0.1) is 5.82 Å². The van der Waals surface area contributed by atoms with E-state index < -0.39 is 10.0 Å². The molecule has 29 heavy (non-hydrogen) atoms. The maximum absolute atomic E-state index is 12.9. The lowest BCUT2D eigenvalue weighted by atomic mass is 10.1. The van der Waals surface area contributed by atoms with E-state index in [-0.39, 0.29) is 29.6 Å². The maximum atomic E-state index is 12.9. The number of amides is 1. The monoisotopic (exact) mass is 414 g/mol. The van der Waals surface area contributed by atoms with E-state index in [1.54, 1.807) is 48.5 Å². The van der Waals surface area contributed by atoms with E-state index >= 15 is 0 Å². The number of benzene rings is 3. The molecule has 0 radical (unpaired) electrons. The van der Waals surface area contributed by atoms with E-state index in [2.05, 4.69) is 5.32 Å². The molecule has 3 aromatic carbocycles. The second-order valence-corrected chi connectivity index (χ2v) is 7.92. The number of sulfonamides is 1. The first-order chi connectivity index (χ1) is 13.8. The van der Waals surface area contributed by atoms with Crippen LogP contribution in [0.5, 0.6) is 5.75 Å². The second kappa shape index (κ2) is 8.85. The molecule has 1 amide bonds. The number of rotatable bonds is 7. The summed E-state index contributed by atoms with van der Waals surface area (Å²) in [5, 5.41) is 7.83. The van der Waals surface area contributed by atoms with Crippen LogP contribution in [-0.4, -0.2) is 14.3 Å². The zero-order valence-electron chi connectivity index (χ0n) is 15.3. The maximum Gasteiger partial charge on any atom is 0.238 e. The van der Waals surface area contributed by atoms with Crippen molar-refractivity contribution in [2.75, 3.05) is 5.32 Å². The van der Waals surface area contributed by atoms with Gasteiger partial charge < -0.3 is 10.1 Å². The number of hydrogen-bond donors (Lipinski definition) is 2. The second-order valence-electron chi connectivity index (χ2n) is 6.36. The van der Waals surface area contributed by atoms with E-state index in [0.29, 0.717) is 17.0 Å². The highest BCUT2D eigenvalue weighted by atomic mass is 32.2. The topological polar surface area (TPSA) is 98.5 Å². The number of anilines is 1. The number of hydrogen-bond acceptors (Lipinski definition) is 4. The minimum atomic E-state index is -3.76. The number of carbonyl (C=O) groups is 1. The Morgan fingerprint density at radius 3 is 2.28 bits per heavy atom. The molecule has 150 valence electrons. The Bertz CT molecular complexity index is 1100. The fraction of sp³-hybridized carbons (Fsp3) is 0.0952. The van der Waals surface area contributed by atoms with Crippen molar-refractivity contribution in [2.24, 2.45) is 5.14 Å². The lowest BCUT2D eigenvalue weighted by Crippen LogP contribution is -2.15. The fourth-order valence-corrected chi connectivity index (χ4v) is 3.11. The first-order valence-corrected chi connectivity index (χ1v) is 10.2. The van der Waals surface area contributed by atoms with Gasteiger partial charge in [0.25, 0.3) is 0 Å². The highest BCUT2D eigenvalue weighted by Crippen LogP contribution is 2.19. The van der Waals surface area contributed by atoms with Crippen LogP contribution in [0.2, 0.25) is 0 Å². The third-order valence-electron chi connectivity index (χ3n) is 4.05. The van der Waals surface area contributed by atoms with Crippen LogP contribution >= 0.6 is 0 Å². The van der Waals surface area contributed by atoms with Crippen molar-refractivity contribution in [3.63, 3.8) is 0 Å². The van der Waals surface area contributed by atoms with Crippen LogP contribution in [0.4, 0.5) is 10.1 Å². The summed E-state index contributed by atoms with van der Waals surface area (Å²) in [7, 11) is -3.76. The summed E-state index contributed by atoms with van der Waals surface area (Å²) >= 11 is 0. The summed E-state index contributed by atoms with van der Waals surface area (Å²) in [4.78, 5) is 12.2. The Morgan fingerprint density at radius 1 is 0.966 bits per heavy atom. The van der Waals surface area contributed by atoms with Crippen molar-refractivity contribution in [3.05, 3.63) is 89.7 Å². The van der Waals surface area contributed by atoms with Gasteiger partial charge in [-0.1, -0.05) is 30.3 Å². The van der Waals surface area contributed by atoms with Gasteiger partial charge in [-0.3, -0.25) is 4.79 Å². The lowest BCUT2D eigenvalue weighted by Gasteiger charge is -2.10. The molecule has 3 aromatic rings. The Hall–Kier alpha value is -3.23. The summed E-state index contributed by atoms with van der Waals surface area (Å²) in [6, 6.07) is 18.7. The number of halogens is 1. The molecule has 0 aliphatic rings. The molecule has 0 heterocycles. The molecule has 8 heteroatoms. The Morgan fingerprint density at radius 2 is 1.62 bits per heavy atom. The molecule has 6 nitrogen and oxygen atoms in total. The molecule has 0 aliphatic heterocycles. The smallest absolute Gasteiger partial charge is 0.238 e. The van der Waals surface area contributed by atoms with Gasteiger partial charge >= 0.3 is 0 Å². The van der Waals surface area contributed by atoms with Crippen LogP contribution in [-0.2, 0) is 27.8 Å². The number of carbonyl (C=O) groups excluding carboxylic acids is 1. The van der Waals surface area contributed by atoms with Gasteiger partial charge in [0.1, 0.15) is 18.2 Å². The Balaban J connectivity index is 1.57. The normalized spacial score (nSPS) is 11.1. The van der Waals surface area contributed by atoms with Crippen molar-refractivity contribution in [3.8, 4) is 5.75 Å². The minimum absolute atomic E-state index is 0.00679. The highest BCUT2D eigenvalue weighted by molar-refractivity contribution is 7.89. The Kier molecular flexibility index (Phi) is 6.26. The standard InChI is InChI=1S/C21H19FN2O4S/c22-17-8-4-16(5-9-17)14-28-19-3-1-2-18(13-19)24-21(25)12-15-6-10-20(11-7-15)29(23,26)27/h1-11,13H,12,14H2,(H,24,25)(H2,23,26,27). The van der Waals surface area contributed by atoms with Crippen molar-refractivity contribution < 1.29 is 22.3 Å². The average molecular weight is 414 g/mol. The van der Waals surface area contributed by atoms with Crippen LogP contribution in [0.15, 0.2) is 77.7 Å². The fourth-order valence-electron chi connectivity index (χ4n) is 2.60. The van der Waals surface area contributed by atoms with E-state index in [1.165, 1.54) is 24.3 Å². The summed E-state index contributed by atoms with van der Waals surface area (Å²) < 4.78 is 41.2. The lowest BCUT2D eigenvalue weighted by molar-refractivity contribution is -0.115. The van der Waals surface area contributed by atoms with E-state index in [0.717, 1.165) is 5.56 Å². The molecule has 0 saturated heterocycles. The zero-order chi connectivity index (χ0) is 20.9. The third kappa shape index (κ3) is 6.13. The third-order valence-corrected chi connectivity index (χ3v) is 4.98. The average Bonchev–Trinajstić information content (AvgIpc) is 2.67. The molecule has 0 bridgehead atoms. The summed E-state index contributed by atoms with van der Waals surface area (Å²) in [5.41, 5.74) is 2.04. The molecule has 0 fully saturated rings. The highest BCUT2D eigenvalue weighted by Gasteiger charge is 2.09. The molecular weight excluding hydrogens is 395 g/mol. The van der Waals surface area contributed by atoms with Crippen LogP contribution < -0.4 is 15.2 Å². The van der Waals surface area contributed by atoms with Gasteiger partial charge in [0.2, 0.25) is 15.9 Å². The van der Waals surface area contributed by atoms with E-state index in [1.807, 2.05) is 0 Å². The zero-order valence-corrected chi connectivity index (χ0v) is 16.2. The molecule has 0 atom stereocenters. The predicted octanol–water partition coefficient (Wildman–Crippen LogP) is 3.23. The van der Waals surface area contributed by atoms with Crippen LogP contribution in [0.1, 0.15) is 11.1 Å². The Labute approximate surface area is 168 Å². The molecule has 0 unspecified atom stereocenters. The molecule has 0 aliphatic carbocycles. The molecule has 3 rings (SSSR count). The van der Waals surface area contributed by atoms with Gasteiger partial charge in [-0.2, -0.15) is 0 Å². The quantitative estimate of drug-likeness (QED) is 0.620. The van der Waals surface area contributed by atoms with Gasteiger partial charge in [0.15, 0.2) is 0 Å². The van der Waals surface area contributed by atoms with Crippen LogP contribution in [0.3, 0.4) is 0 Å². The molecule has 3 N–H and O–H groups in total. The van der Waals surface area contributed by atoms with Crippen molar-refractivity contribution in [1.82, 2.24) is 0 Å². The van der Waals surface area contributed by atoms with Gasteiger partial charge in [-0.15, -0.1) is 0 Å². The number of ether oxygens (including phenoxy) is 1. The number of primary sulfonamides is 1. The van der Waals surface area contributed by atoms with Gasteiger partial charge in [0, 0.05) is 11.8 Å². The van der Waals surface area contributed by atoms with Gasteiger partial charge in [0.05, 0.1) is 11.3 Å². The molecular formula is C21H19FN2O4S. The first-order valence-electron chi connectivity index (χ1n) is 8.68. The van der Waals surface area contributed by atoms with Crippen molar-refractivity contribution in [2.45, 2.75) is 17.9 Å². The van der Waals surface area contributed by atoms with Crippen molar-refractivity contribution >= 4 is 21.6 Å². The predicted molar refractivity (Wildman–Crippen MR) is 107 cm³/mol. The molecule has 0 aromatic heterocycles. The summed E-state index contributed by atoms with van der Waals surface area (Å²) in [6.07, 6.45) is 0.0750. The summed E-state index contributed by atoms with van der Waals surface area (Å²) in [6.45, 7) is 0.272. The minimum Gasteiger partial charge on any atom is -0.489 e. The number of nitrogens with one attached hydrogen (secondary N) is 1. The van der Waals surface area contributed by atoms with Crippen LogP contribution in [0.25, 0.3) is 0 Å². The number of nitrogens with two attached hydrogens (primary N) is 1. The van der Waals surface area contributed by atoms with Gasteiger partial charge in [-0.05, 0) is 47.5 Å². The first kappa shape index (κ1) is 20.5. The molecule has 0 saturated carbocycles. The largest absolute Gasteiger partial charge is 0.489 e. The van der Waals surface area contributed by atoms with E-state index in [9.17, 15) is 17.6 Å². The molecule has 0 spiro atoms. The van der Waals surface area contributed by atoms with Gasteiger partial charge in [-0.25, -0.2) is 17.9 Å².